The molecule has 1 fully saturated rings. The fraction of sp³-hybridized carbons (Fsp3) is 0.455. The third kappa shape index (κ3) is 4.44. The molecule has 1 saturated heterocycles. The van der Waals surface area contributed by atoms with Crippen LogP contribution in [0.3, 0.4) is 0 Å². The van der Waals surface area contributed by atoms with Crippen molar-refractivity contribution in [3.05, 3.63) is 51.0 Å². The van der Waals surface area contributed by atoms with E-state index in [1.807, 2.05) is 12.3 Å². The predicted molar refractivity (Wildman–Crippen MR) is 113 cm³/mol. The Labute approximate surface area is 179 Å². The van der Waals surface area contributed by atoms with Crippen LogP contribution in [0, 0.1) is 6.92 Å². The highest BCUT2D eigenvalue weighted by Crippen LogP contribution is 2.26. The number of ether oxygens (including phenoxy) is 1. The molecule has 4 rings (SSSR count). The van der Waals surface area contributed by atoms with Gasteiger partial charge in [0.2, 0.25) is 0 Å². The molecule has 0 bridgehead atoms. The van der Waals surface area contributed by atoms with Crippen LogP contribution in [0.5, 0.6) is 0 Å². The summed E-state index contributed by atoms with van der Waals surface area (Å²) < 4.78 is 5.55. The van der Waals surface area contributed by atoms with Gasteiger partial charge in [-0.3, -0.25) is 19.3 Å². The SMILES string of the molecule is Cc1csc(CCCCNC(=O)c2ccc3c(c2)C(=O)N(CC2CCCO2)C3=O)n1. The summed E-state index contributed by atoms with van der Waals surface area (Å²) in [7, 11) is 0. The maximum absolute atomic E-state index is 12.7. The van der Waals surface area contributed by atoms with Crippen molar-refractivity contribution in [3.8, 4) is 0 Å². The number of hydrogen-bond acceptors (Lipinski definition) is 6. The molecule has 3 heterocycles. The quantitative estimate of drug-likeness (QED) is 0.517. The van der Waals surface area contributed by atoms with Gasteiger partial charge < -0.3 is 10.1 Å². The van der Waals surface area contributed by atoms with Crippen molar-refractivity contribution < 1.29 is 19.1 Å². The van der Waals surface area contributed by atoms with E-state index in [9.17, 15) is 14.4 Å². The van der Waals surface area contributed by atoms with E-state index in [4.69, 9.17) is 4.74 Å². The molecule has 1 atom stereocenters. The van der Waals surface area contributed by atoms with Gasteiger partial charge in [0.15, 0.2) is 0 Å². The molecule has 0 radical (unpaired) electrons. The van der Waals surface area contributed by atoms with Crippen LogP contribution in [0.4, 0.5) is 0 Å². The Hall–Kier alpha value is -2.58. The fourth-order valence-electron chi connectivity index (χ4n) is 3.81. The highest BCUT2D eigenvalue weighted by molar-refractivity contribution is 7.09. The number of hydrogen-bond donors (Lipinski definition) is 1. The molecule has 1 aromatic carbocycles. The van der Waals surface area contributed by atoms with Crippen molar-refractivity contribution >= 4 is 29.1 Å². The van der Waals surface area contributed by atoms with Crippen LogP contribution in [-0.2, 0) is 11.2 Å². The van der Waals surface area contributed by atoms with Crippen LogP contribution < -0.4 is 5.32 Å². The molecule has 7 nitrogen and oxygen atoms in total. The maximum Gasteiger partial charge on any atom is 0.261 e. The van der Waals surface area contributed by atoms with Crippen LogP contribution in [0.2, 0.25) is 0 Å². The third-order valence-electron chi connectivity index (χ3n) is 5.41. The van der Waals surface area contributed by atoms with Gasteiger partial charge in [-0.25, -0.2) is 4.98 Å². The molecule has 1 aromatic heterocycles. The number of unbranched alkanes of at least 4 members (excludes halogenated alkanes) is 1. The zero-order chi connectivity index (χ0) is 21.1. The number of nitrogens with zero attached hydrogens (tertiary/aromatic N) is 2. The molecule has 2 aliphatic rings. The molecule has 158 valence electrons. The fourth-order valence-corrected chi connectivity index (χ4v) is 4.63. The van der Waals surface area contributed by atoms with E-state index in [1.165, 1.54) is 11.0 Å². The maximum atomic E-state index is 12.7. The van der Waals surface area contributed by atoms with E-state index >= 15 is 0 Å². The Bertz CT molecular complexity index is 965. The van der Waals surface area contributed by atoms with Crippen molar-refractivity contribution in [1.29, 1.82) is 0 Å². The Morgan fingerprint density at radius 3 is 2.83 bits per heavy atom. The molecular formula is C22H25N3O4S. The predicted octanol–water partition coefficient (Wildman–Crippen LogP) is 2.98. The number of benzene rings is 1. The molecular weight excluding hydrogens is 402 g/mol. The van der Waals surface area contributed by atoms with Crippen LogP contribution in [0.15, 0.2) is 23.6 Å². The van der Waals surface area contributed by atoms with E-state index in [0.29, 0.717) is 29.8 Å². The summed E-state index contributed by atoms with van der Waals surface area (Å²) in [5, 5.41) is 6.05. The van der Waals surface area contributed by atoms with E-state index in [2.05, 4.69) is 10.3 Å². The van der Waals surface area contributed by atoms with Gasteiger partial charge in [0.05, 0.1) is 28.8 Å². The number of rotatable bonds is 8. The molecule has 0 aliphatic carbocycles. The van der Waals surface area contributed by atoms with Crippen molar-refractivity contribution in [2.45, 2.75) is 45.1 Å². The van der Waals surface area contributed by atoms with Gasteiger partial charge in [0.25, 0.3) is 17.7 Å². The number of imide groups is 1. The molecule has 2 aromatic rings. The Balaban J connectivity index is 1.30. The number of fused-ring (bicyclic) bond motifs is 1. The van der Waals surface area contributed by atoms with E-state index in [0.717, 1.165) is 42.8 Å². The highest BCUT2D eigenvalue weighted by Gasteiger charge is 2.37. The Morgan fingerprint density at radius 1 is 1.27 bits per heavy atom. The number of thiazole rings is 1. The van der Waals surface area contributed by atoms with E-state index in [1.54, 1.807) is 23.5 Å². The first-order valence-electron chi connectivity index (χ1n) is 10.3. The smallest absolute Gasteiger partial charge is 0.261 e. The minimum atomic E-state index is -0.348. The van der Waals surface area contributed by atoms with Crippen molar-refractivity contribution in [2.75, 3.05) is 19.7 Å². The van der Waals surface area contributed by atoms with Crippen LogP contribution in [0.1, 0.15) is 67.5 Å². The second-order valence-electron chi connectivity index (χ2n) is 7.71. The number of amides is 3. The number of nitrogens with one attached hydrogen (secondary N) is 1. The number of carbonyl (C=O) groups is 3. The average Bonchev–Trinajstić information content (AvgIpc) is 3.46. The molecule has 1 N–H and O–H groups in total. The summed E-state index contributed by atoms with van der Waals surface area (Å²) in [4.78, 5) is 43.5. The number of aromatic nitrogens is 1. The first-order valence-corrected chi connectivity index (χ1v) is 11.2. The number of aryl methyl sites for hydroxylation is 2. The van der Waals surface area contributed by atoms with Gasteiger partial charge in [-0.05, 0) is 57.2 Å². The largest absolute Gasteiger partial charge is 0.376 e. The van der Waals surface area contributed by atoms with Gasteiger partial charge in [0, 0.05) is 29.8 Å². The summed E-state index contributed by atoms with van der Waals surface area (Å²) in [5.41, 5.74) is 2.09. The molecule has 8 heteroatoms. The van der Waals surface area contributed by atoms with Crippen molar-refractivity contribution in [3.63, 3.8) is 0 Å². The summed E-state index contributed by atoms with van der Waals surface area (Å²) in [5.74, 6) is -0.894. The van der Waals surface area contributed by atoms with Crippen molar-refractivity contribution in [2.24, 2.45) is 0 Å². The minimum Gasteiger partial charge on any atom is -0.376 e. The second-order valence-corrected chi connectivity index (χ2v) is 8.65. The van der Waals surface area contributed by atoms with Gasteiger partial charge in [-0.2, -0.15) is 0 Å². The standard InChI is InChI=1S/C22H25N3O4S/c1-14-13-30-19(24-14)6-2-3-9-23-20(26)15-7-8-17-18(11-15)22(28)25(21(17)27)12-16-5-4-10-29-16/h7-8,11,13,16H,2-6,9-10,12H2,1H3,(H,23,26). The van der Waals surface area contributed by atoms with Gasteiger partial charge in [0.1, 0.15) is 0 Å². The summed E-state index contributed by atoms with van der Waals surface area (Å²) in [6.45, 7) is 3.48. The van der Waals surface area contributed by atoms with Crippen LogP contribution in [-0.4, -0.2) is 53.4 Å². The third-order valence-corrected chi connectivity index (χ3v) is 6.44. The Morgan fingerprint density at radius 2 is 2.10 bits per heavy atom. The molecule has 0 spiro atoms. The molecule has 0 saturated carbocycles. The van der Waals surface area contributed by atoms with Gasteiger partial charge >= 0.3 is 0 Å². The summed E-state index contributed by atoms with van der Waals surface area (Å²) in [6, 6.07) is 4.71. The lowest BCUT2D eigenvalue weighted by Gasteiger charge is -2.17. The molecule has 1 unspecified atom stereocenters. The molecule has 2 aliphatic heterocycles. The monoisotopic (exact) mass is 427 g/mol. The number of carbonyl (C=O) groups excluding carboxylic acids is 3. The highest BCUT2D eigenvalue weighted by atomic mass is 32.1. The second kappa shape index (κ2) is 9.06. The van der Waals surface area contributed by atoms with E-state index in [-0.39, 0.29) is 30.4 Å². The first kappa shape index (κ1) is 20.7. The topological polar surface area (TPSA) is 88.6 Å². The lowest BCUT2D eigenvalue weighted by molar-refractivity contribution is 0.0475. The molecule has 30 heavy (non-hydrogen) atoms. The van der Waals surface area contributed by atoms with Gasteiger partial charge in [-0.15, -0.1) is 11.3 Å². The summed E-state index contributed by atoms with van der Waals surface area (Å²) >= 11 is 1.66. The summed E-state index contributed by atoms with van der Waals surface area (Å²) in [6.07, 6.45) is 4.41. The van der Waals surface area contributed by atoms with E-state index < -0.39 is 0 Å². The zero-order valence-corrected chi connectivity index (χ0v) is 17.8. The normalized spacial score (nSPS) is 18.2. The van der Waals surface area contributed by atoms with Crippen LogP contribution >= 0.6 is 11.3 Å². The zero-order valence-electron chi connectivity index (χ0n) is 17.0. The van der Waals surface area contributed by atoms with Crippen molar-refractivity contribution in [1.82, 2.24) is 15.2 Å². The lowest BCUT2D eigenvalue weighted by atomic mass is 10.1. The lowest BCUT2D eigenvalue weighted by Crippen LogP contribution is -2.36. The average molecular weight is 428 g/mol. The van der Waals surface area contributed by atoms with Crippen LogP contribution in [0.25, 0.3) is 0 Å². The Kier molecular flexibility index (Phi) is 6.24. The minimum absolute atomic E-state index is 0.0942. The first-order chi connectivity index (χ1) is 14.5. The molecule has 3 amide bonds. The van der Waals surface area contributed by atoms with Gasteiger partial charge in [-0.1, -0.05) is 0 Å².